The number of rotatable bonds is 1. The molecule has 0 aliphatic rings. The largest absolute Gasteiger partial charge is 0.417 e. The first-order valence-corrected chi connectivity index (χ1v) is 3.30. The molecule has 5 heteroatoms. The maximum Gasteiger partial charge on any atom is 0.417 e. The van der Waals surface area contributed by atoms with E-state index in [1.165, 1.54) is 6.07 Å². The third kappa shape index (κ3) is 1.99. The predicted octanol–water partition coefficient (Wildman–Crippen LogP) is 1.60. The van der Waals surface area contributed by atoms with Gasteiger partial charge in [-0.15, -0.1) is 0 Å². The van der Waals surface area contributed by atoms with Crippen molar-refractivity contribution < 1.29 is 18.0 Å². The monoisotopic (exact) mass is 188 g/mol. The molecule has 0 heterocycles. The first-order valence-electron chi connectivity index (χ1n) is 3.30. The lowest BCUT2D eigenvalue weighted by Gasteiger charge is -2.08. The Hall–Kier alpha value is -1.52. The number of hydrogen-bond donors (Lipinski definition) is 1. The zero-order valence-electron chi connectivity index (χ0n) is 6.35. The number of carbonyl (C=O) groups excluding carboxylic acids is 1. The summed E-state index contributed by atoms with van der Waals surface area (Å²) < 4.78 is 36.5. The Kier molecular flexibility index (Phi) is 2.27. The van der Waals surface area contributed by atoms with Gasteiger partial charge in [-0.05, 0) is 12.1 Å². The van der Waals surface area contributed by atoms with E-state index < -0.39 is 23.2 Å². The minimum atomic E-state index is -4.59. The van der Waals surface area contributed by atoms with E-state index in [4.69, 9.17) is 5.73 Å². The van der Waals surface area contributed by atoms with E-state index in [-0.39, 0.29) is 0 Å². The van der Waals surface area contributed by atoms with Crippen LogP contribution in [0.3, 0.4) is 0 Å². The van der Waals surface area contributed by atoms with Crippen LogP contribution in [0.1, 0.15) is 15.9 Å². The topological polar surface area (TPSA) is 43.1 Å². The quantitative estimate of drug-likeness (QED) is 0.714. The maximum atomic E-state index is 12.2. The summed E-state index contributed by atoms with van der Waals surface area (Å²) in [5, 5.41) is 0. The van der Waals surface area contributed by atoms with Crippen LogP contribution in [-0.2, 0) is 6.18 Å². The van der Waals surface area contributed by atoms with Gasteiger partial charge in [0.05, 0.1) is 11.1 Å². The summed E-state index contributed by atoms with van der Waals surface area (Å²) >= 11 is 0. The molecule has 0 fully saturated rings. The highest BCUT2D eigenvalue weighted by Crippen LogP contribution is 2.31. The summed E-state index contributed by atoms with van der Waals surface area (Å²) in [5.41, 5.74) is 3.07. The summed E-state index contributed by atoms with van der Waals surface area (Å²) in [5.74, 6) is -1.11. The fourth-order valence-electron chi connectivity index (χ4n) is 0.877. The smallest absolute Gasteiger partial charge is 0.366 e. The van der Waals surface area contributed by atoms with Crippen molar-refractivity contribution in [3.8, 4) is 0 Å². The van der Waals surface area contributed by atoms with Crippen LogP contribution in [0.2, 0.25) is 0 Å². The number of amides is 1. The molecule has 0 bridgehead atoms. The van der Waals surface area contributed by atoms with Crippen molar-refractivity contribution in [2.45, 2.75) is 6.18 Å². The zero-order valence-corrected chi connectivity index (χ0v) is 6.35. The van der Waals surface area contributed by atoms with Gasteiger partial charge in [-0.25, -0.2) is 0 Å². The number of halogens is 3. The van der Waals surface area contributed by atoms with Gasteiger partial charge in [0.2, 0.25) is 5.91 Å². The second kappa shape index (κ2) is 3.08. The number of carbonyl (C=O) groups is 1. The summed E-state index contributed by atoms with van der Waals surface area (Å²) in [4.78, 5) is 10.6. The van der Waals surface area contributed by atoms with Gasteiger partial charge < -0.3 is 5.73 Å². The van der Waals surface area contributed by atoms with Gasteiger partial charge in [0.15, 0.2) is 0 Å². The van der Waals surface area contributed by atoms with Crippen LogP contribution in [0.25, 0.3) is 0 Å². The third-order valence-corrected chi connectivity index (χ3v) is 1.41. The van der Waals surface area contributed by atoms with Crippen molar-refractivity contribution in [3.63, 3.8) is 0 Å². The number of hydrogen-bond acceptors (Lipinski definition) is 1. The maximum absolute atomic E-state index is 12.2. The molecule has 0 saturated heterocycles. The van der Waals surface area contributed by atoms with Crippen LogP contribution in [0, 0.1) is 6.07 Å². The van der Waals surface area contributed by atoms with Crippen molar-refractivity contribution >= 4 is 5.91 Å². The summed E-state index contributed by atoms with van der Waals surface area (Å²) in [7, 11) is 0. The molecule has 0 unspecified atom stereocenters. The van der Waals surface area contributed by atoms with Crippen molar-refractivity contribution in [2.75, 3.05) is 0 Å². The molecule has 2 nitrogen and oxygen atoms in total. The number of nitrogens with two attached hydrogens (primary N) is 1. The second-order valence-electron chi connectivity index (χ2n) is 2.32. The molecule has 0 saturated carbocycles. The van der Waals surface area contributed by atoms with Gasteiger partial charge in [0.25, 0.3) is 0 Å². The van der Waals surface area contributed by atoms with Gasteiger partial charge in [0.1, 0.15) is 0 Å². The molecule has 1 radical (unpaired) electrons. The fourth-order valence-corrected chi connectivity index (χ4v) is 0.877. The zero-order chi connectivity index (χ0) is 10.1. The van der Waals surface area contributed by atoms with E-state index >= 15 is 0 Å². The van der Waals surface area contributed by atoms with Gasteiger partial charge in [-0.3, -0.25) is 4.79 Å². The molecule has 13 heavy (non-hydrogen) atoms. The Bertz CT molecular complexity index is 332. The molecule has 1 amide bonds. The molecular formula is C8H5F3NO. The summed E-state index contributed by atoms with van der Waals surface area (Å²) in [6.07, 6.45) is -4.59. The highest BCUT2D eigenvalue weighted by Gasteiger charge is 2.34. The molecule has 1 aromatic carbocycles. The fraction of sp³-hybridized carbons (Fsp3) is 0.125. The standard InChI is InChI=1S/C8H5F3NO/c9-8(10,11)6-4-2-1-3-5(6)7(12)13/h1-3H,(H2,12,13). The lowest BCUT2D eigenvalue weighted by atomic mass is 10.1. The lowest BCUT2D eigenvalue weighted by molar-refractivity contribution is -0.138. The normalized spacial score (nSPS) is 11.3. The predicted molar refractivity (Wildman–Crippen MR) is 38.8 cm³/mol. The SMILES string of the molecule is NC(=O)c1ccc[c]c1C(F)(F)F. The average molecular weight is 188 g/mol. The molecule has 1 aromatic rings. The second-order valence-corrected chi connectivity index (χ2v) is 2.32. The van der Waals surface area contributed by atoms with E-state index in [1.54, 1.807) is 0 Å². The van der Waals surface area contributed by atoms with Crippen LogP contribution in [0.4, 0.5) is 13.2 Å². The van der Waals surface area contributed by atoms with Crippen molar-refractivity contribution in [2.24, 2.45) is 5.73 Å². The van der Waals surface area contributed by atoms with Gasteiger partial charge >= 0.3 is 6.18 Å². The van der Waals surface area contributed by atoms with Crippen LogP contribution >= 0.6 is 0 Å². The third-order valence-electron chi connectivity index (χ3n) is 1.41. The van der Waals surface area contributed by atoms with Crippen LogP contribution in [-0.4, -0.2) is 5.91 Å². The molecule has 1 rings (SSSR count). The number of alkyl halides is 3. The van der Waals surface area contributed by atoms with E-state index in [1.807, 2.05) is 6.07 Å². The van der Waals surface area contributed by atoms with E-state index in [9.17, 15) is 18.0 Å². The van der Waals surface area contributed by atoms with Crippen molar-refractivity contribution in [3.05, 3.63) is 35.4 Å². The molecule has 0 aromatic heterocycles. The first-order chi connectivity index (χ1) is 5.93. The Morgan fingerprint density at radius 2 is 2.08 bits per heavy atom. The molecule has 0 aliphatic heterocycles. The van der Waals surface area contributed by atoms with Crippen LogP contribution < -0.4 is 5.73 Å². The van der Waals surface area contributed by atoms with E-state index in [2.05, 4.69) is 0 Å². The van der Waals surface area contributed by atoms with Gasteiger partial charge in [0, 0.05) is 0 Å². The van der Waals surface area contributed by atoms with Crippen LogP contribution in [0.5, 0.6) is 0 Å². The van der Waals surface area contributed by atoms with Crippen molar-refractivity contribution in [1.29, 1.82) is 0 Å². The first kappa shape index (κ1) is 9.57. The van der Waals surface area contributed by atoms with E-state index in [0.29, 0.717) is 0 Å². The highest BCUT2D eigenvalue weighted by atomic mass is 19.4. The number of benzene rings is 1. The number of primary amides is 1. The summed E-state index contributed by atoms with van der Waals surface area (Å²) in [6.45, 7) is 0. The van der Waals surface area contributed by atoms with E-state index in [0.717, 1.165) is 12.1 Å². The molecule has 69 valence electrons. The summed E-state index contributed by atoms with van der Waals surface area (Å²) in [6, 6.07) is 5.30. The Balaban J connectivity index is 3.28. The van der Waals surface area contributed by atoms with Crippen molar-refractivity contribution in [1.82, 2.24) is 0 Å². The van der Waals surface area contributed by atoms with Gasteiger partial charge in [-0.1, -0.05) is 12.1 Å². The van der Waals surface area contributed by atoms with Crippen LogP contribution in [0.15, 0.2) is 18.2 Å². The molecule has 0 spiro atoms. The van der Waals surface area contributed by atoms with Gasteiger partial charge in [-0.2, -0.15) is 13.2 Å². The minimum absolute atomic E-state index is 0.560. The minimum Gasteiger partial charge on any atom is -0.366 e. The molecular weight excluding hydrogens is 183 g/mol. The Morgan fingerprint density at radius 1 is 1.46 bits per heavy atom. The molecule has 0 aliphatic carbocycles. The highest BCUT2D eigenvalue weighted by molar-refractivity contribution is 5.94. The average Bonchev–Trinajstić information content (AvgIpc) is 2.03. The Morgan fingerprint density at radius 3 is 2.46 bits per heavy atom. The lowest BCUT2D eigenvalue weighted by Crippen LogP contribution is -2.18. The Labute approximate surface area is 72.2 Å². The molecule has 0 atom stereocenters. The molecule has 2 N–H and O–H groups in total.